The van der Waals surface area contributed by atoms with E-state index in [1.54, 1.807) is 24.3 Å². The van der Waals surface area contributed by atoms with E-state index in [4.69, 9.17) is 27.9 Å². The maximum absolute atomic E-state index is 13.0. The van der Waals surface area contributed by atoms with Crippen LogP contribution in [0.15, 0.2) is 77.8 Å². The Kier molecular flexibility index (Phi) is 7.01. The maximum atomic E-state index is 13.0. The number of aromatic nitrogens is 3. The van der Waals surface area contributed by atoms with Crippen LogP contribution in [-0.4, -0.2) is 29.7 Å². The minimum Gasteiger partial charge on any atom is -0.456 e. The largest absolute Gasteiger partial charge is 0.456 e. The van der Waals surface area contributed by atoms with Crippen LogP contribution in [0.5, 0.6) is 11.5 Å². The molecular weight excluding hydrogens is 501 g/mol. The molecule has 3 N–H and O–H groups in total. The van der Waals surface area contributed by atoms with Crippen molar-refractivity contribution in [3.8, 4) is 11.5 Å². The molecule has 4 aromatic rings. The number of halogens is 2. The first-order chi connectivity index (χ1) is 16.3. The first-order valence-corrected chi connectivity index (χ1v) is 12.0. The molecule has 34 heavy (non-hydrogen) atoms. The number of hydrogen-bond donors (Lipinski definition) is 3. The summed E-state index contributed by atoms with van der Waals surface area (Å²) in [6, 6.07) is 17.0. The van der Waals surface area contributed by atoms with Crippen LogP contribution < -0.4 is 14.8 Å². The number of sulfonamides is 1. The van der Waals surface area contributed by atoms with Gasteiger partial charge in [0.05, 0.1) is 33.9 Å². The minimum absolute atomic E-state index is 0.0251. The van der Waals surface area contributed by atoms with E-state index in [1.165, 1.54) is 48.7 Å². The fourth-order valence-corrected chi connectivity index (χ4v) is 4.34. The second kappa shape index (κ2) is 10.1. The van der Waals surface area contributed by atoms with Gasteiger partial charge in [0.1, 0.15) is 17.2 Å². The molecule has 0 fully saturated rings. The maximum Gasteiger partial charge on any atom is 0.261 e. The summed E-state index contributed by atoms with van der Waals surface area (Å²) in [5.41, 5.74) is 0.633. The Bertz CT molecular complexity index is 1410. The van der Waals surface area contributed by atoms with Gasteiger partial charge in [-0.3, -0.25) is 9.52 Å². The van der Waals surface area contributed by atoms with Crippen LogP contribution in [0.4, 0.5) is 5.69 Å². The third-order valence-electron chi connectivity index (χ3n) is 4.56. The summed E-state index contributed by atoms with van der Waals surface area (Å²) < 4.78 is 34.1. The molecule has 1 heterocycles. The number of carbonyl (C=O) groups is 1. The zero-order valence-corrected chi connectivity index (χ0v) is 19.7. The number of carbonyl (C=O) groups excluding carboxylic acids is 1. The molecule has 0 saturated heterocycles. The topological polar surface area (TPSA) is 126 Å². The number of amides is 1. The molecule has 0 atom stereocenters. The van der Waals surface area contributed by atoms with Crippen molar-refractivity contribution in [1.82, 2.24) is 20.7 Å². The minimum atomic E-state index is -4.02. The van der Waals surface area contributed by atoms with Gasteiger partial charge in [0.25, 0.3) is 15.9 Å². The van der Waals surface area contributed by atoms with Gasteiger partial charge in [-0.2, -0.15) is 15.4 Å². The summed E-state index contributed by atoms with van der Waals surface area (Å²) in [4.78, 5) is 12.7. The first kappa shape index (κ1) is 23.6. The zero-order chi connectivity index (χ0) is 24.1. The summed E-state index contributed by atoms with van der Waals surface area (Å²) in [5, 5.41) is 13.3. The number of nitrogens with one attached hydrogen (secondary N) is 3. The number of anilines is 1. The quantitative estimate of drug-likeness (QED) is 0.312. The molecule has 1 amide bonds. The predicted molar refractivity (Wildman–Crippen MR) is 128 cm³/mol. The molecule has 4 rings (SSSR count). The zero-order valence-electron chi connectivity index (χ0n) is 17.3. The van der Waals surface area contributed by atoms with Crippen molar-refractivity contribution in [1.29, 1.82) is 0 Å². The highest BCUT2D eigenvalue weighted by molar-refractivity contribution is 7.92. The fraction of sp³-hybridized carbons (Fsp3) is 0.0455. The molecule has 0 aliphatic heterocycles. The number of para-hydroxylation sites is 1. The van der Waals surface area contributed by atoms with Gasteiger partial charge in [0.15, 0.2) is 0 Å². The Morgan fingerprint density at radius 2 is 1.79 bits per heavy atom. The van der Waals surface area contributed by atoms with Crippen molar-refractivity contribution in [3.05, 3.63) is 94.2 Å². The third kappa shape index (κ3) is 5.66. The van der Waals surface area contributed by atoms with Gasteiger partial charge in [-0.25, -0.2) is 8.42 Å². The average molecular weight is 518 g/mol. The molecule has 0 unspecified atom stereocenters. The summed E-state index contributed by atoms with van der Waals surface area (Å²) >= 11 is 12.1. The molecule has 12 heteroatoms. The molecular formula is C22H17Cl2N5O4S. The summed E-state index contributed by atoms with van der Waals surface area (Å²) in [6.45, 7) is 0.0981. The van der Waals surface area contributed by atoms with Crippen LogP contribution >= 0.6 is 23.2 Å². The number of aromatic amines is 1. The Hall–Kier alpha value is -3.60. The summed E-state index contributed by atoms with van der Waals surface area (Å²) in [7, 11) is -4.02. The number of benzene rings is 3. The van der Waals surface area contributed by atoms with Gasteiger partial charge in [0.2, 0.25) is 0 Å². The Morgan fingerprint density at radius 1 is 1.03 bits per heavy atom. The SMILES string of the molecule is O=C(NCc1cn[nH]n1)c1cc(Cl)ccc1NS(=O)(=O)c1ccc(Oc2ccccc2Cl)cc1. The highest BCUT2D eigenvalue weighted by Crippen LogP contribution is 2.30. The normalized spacial score (nSPS) is 11.1. The summed E-state index contributed by atoms with van der Waals surface area (Å²) in [6.07, 6.45) is 1.46. The van der Waals surface area contributed by atoms with Gasteiger partial charge in [-0.05, 0) is 54.6 Å². The van der Waals surface area contributed by atoms with E-state index in [1.807, 2.05) is 0 Å². The number of ether oxygens (including phenoxy) is 1. The van der Waals surface area contributed by atoms with Gasteiger partial charge in [-0.1, -0.05) is 35.3 Å². The lowest BCUT2D eigenvalue weighted by molar-refractivity contribution is 0.0951. The highest BCUT2D eigenvalue weighted by atomic mass is 35.5. The van der Waals surface area contributed by atoms with Crippen molar-refractivity contribution in [2.75, 3.05) is 4.72 Å². The molecule has 0 spiro atoms. The third-order valence-corrected chi connectivity index (χ3v) is 6.49. The summed E-state index contributed by atoms with van der Waals surface area (Å²) in [5.74, 6) is 0.318. The highest BCUT2D eigenvalue weighted by Gasteiger charge is 2.20. The first-order valence-electron chi connectivity index (χ1n) is 9.79. The number of H-pyrrole nitrogens is 1. The van der Waals surface area contributed by atoms with Gasteiger partial charge in [-0.15, -0.1) is 0 Å². The van der Waals surface area contributed by atoms with Crippen LogP contribution in [0.1, 0.15) is 16.1 Å². The van der Waals surface area contributed by atoms with Crippen molar-refractivity contribution in [2.45, 2.75) is 11.4 Å². The van der Waals surface area contributed by atoms with E-state index in [0.717, 1.165) is 0 Å². The molecule has 0 bridgehead atoms. The Morgan fingerprint density at radius 3 is 2.50 bits per heavy atom. The van der Waals surface area contributed by atoms with Crippen molar-refractivity contribution in [2.24, 2.45) is 0 Å². The fourth-order valence-electron chi connectivity index (χ4n) is 2.91. The average Bonchev–Trinajstić information content (AvgIpc) is 3.34. The van der Waals surface area contributed by atoms with E-state index in [9.17, 15) is 13.2 Å². The molecule has 9 nitrogen and oxygen atoms in total. The van der Waals surface area contributed by atoms with Crippen molar-refractivity contribution in [3.63, 3.8) is 0 Å². The standard InChI is InChI=1S/C22H17Cl2N5O4S/c23-14-5-10-20(18(11-14)22(30)25-12-15-13-26-29-27-15)28-34(31,32)17-8-6-16(7-9-17)33-21-4-2-1-3-19(21)24/h1-11,13,28H,12H2,(H,25,30)(H,26,27,29). The molecule has 0 saturated carbocycles. The molecule has 0 aliphatic rings. The van der Waals surface area contributed by atoms with Crippen LogP contribution in [0.2, 0.25) is 10.0 Å². The van der Waals surface area contributed by atoms with Gasteiger partial charge in [0, 0.05) is 5.02 Å². The molecule has 174 valence electrons. The van der Waals surface area contributed by atoms with E-state index in [-0.39, 0.29) is 27.7 Å². The van der Waals surface area contributed by atoms with Crippen LogP contribution in [-0.2, 0) is 16.6 Å². The number of rotatable bonds is 8. The smallest absolute Gasteiger partial charge is 0.261 e. The van der Waals surface area contributed by atoms with Crippen molar-refractivity contribution < 1.29 is 17.9 Å². The van der Waals surface area contributed by atoms with Gasteiger partial charge >= 0.3 is 0 Å². The van der Waals surface area contributed by atoms with E-state index >= 15 is 0 Å². The lowest BCUT2D eigenvalue weighted by atomic mass is 10.1. The van der Waals surface area contributed by atoms with Crippen molar-refractivity contribution >= 4 is 44.8 Å². The Labute approximate surface area is 205 Å². The number of nitrogens with zero attached hydrogens (tertiary/aromatic N) is 2. The van der Waals surface area contributed by atoms with E-state index < -0.39 is 15.9 Å². The molecule has 0 radical (unpaired) electrons. The molecule has 1 aromatic heterocycles. The van der Waals surface area contributed by atoms with E-state index in [0.29, 0.717) is 22.2 Å². The lowest BCUT2D eigenvalue weighted by Gasteiger charge is -2.13. The second-order valence-electron chi connectivity index (χ2n) is 6.94. The van der Waals surface area contributed by atoms with Crippen LogP contribution in [0.25, 0.3) is 0 Å². The predicted octanol–water partition coefficient (Wildman–Crippen LogP) is 4.63. The number of hydrogen-bond acceptors (Lipinski definition) is 6. The Balaban J connectivity index is 1.51. The lowest BCUT2D eigenvalue weighted by Crippen LogP contribution is -2.25. The monoisotopic (exact) mass is 517 g/mol. The van der Waals surface area contributed by atoms with E-state index in [2.05, 4.69) is 25.4 Å². The van der Waals surface area contributed by atoms with Crippen LogP contribution in [0, 0.1) is 0 Å². The molecule has 3 aromatic carbocycles. The second-order valence-corrected chi connectivity index (χ2v) is 9.47. The van der Waals surface area contributed by atoms with Gasteiger partial charge < -0.3 is 10.1 Å². The van der Waals surface area contributed by atoms with Crippen LogP contribution in [0.3, 0.4) is 0 Å². The molecule has 0 aliphatic carbocycles.